The van der Waals surface area contributed by atoms with E-state index in [0.29, 0.717) is 12.0 Å². The summed E-state index contributed by atoms with van der Waals surface area (Å²) in [5.41, 5.74) is 0. The first-order valence-corrected chi connectivity index (χ1v) is 7.85. The van der Waals surface area contributed by atoms with Crippen LogP contribution in [0, 0.1) is 0 Å². The van der Waals surface area contributed by atoms with Crippen molar-refractivity contribution in [2.24, 2.45) is 0 Å². The van der Waals surface area contributed by atoms with E-state index < -0.39 is 0 Å². The molecule has 1 aromatic rings. The lowest BCUT2D eigenvalue weighted by molar-refractivity contribution is 0.627. The van der Waals surface area contributed by atoms with Crippen LogP contribution < -0.4 is 0 Å². The Morgan fingerprint density at radius 1 is 1.24 bits per heavy atom. The third kappa shape index (κ3) is 2.71. The SMILES string of the molecule is SCC=CCSc1nnc(C2CC2)n1C1CC1. The zero-order chi connectivity index (χ0) is 11.7. The van der Waals surface area contributed by atoms with E-state index in [2.05, 4.69) is 39.5 Å². The quantitative estimate of drug-likeness (QED) is 0.488. The Bertz CT molecular complexity index is 419. The van der Waals surface area contributed by atoms with E-state index >= 15 is 0 Å². The molecule has 2 saturated carbocycles. The Morgan fingerprint density at radius 3 is 2.71 bits per heavy atom. The second kappa shape index (κ2) is 5.06. The van der Waals surface area contributed by atoms with Crippen LogP contribution in [0.5, 0.6) is 0 Å². The molecule has 92 valence electrons. The van der Waals surface area contributed by atoms with Crippen LogP contribution >= 0.6 is 24.4 Å². The van der Waals surface area contributed by atoms with E-state index in [-0.39, 0.29) is 0 Å². The van der Waals surface area contributed by atoms with Gasteiger partial charge in [0.1, 0.15) is 5.82 Å². The summed E-state index contributed by atoms with van der Waals surface area (Å²) in [4.78, 5) is 0. The summed E-state index contributed by atoms with van der Waals surface area (Å²) < 4.78 is 2.40. The number of thiol groups is 1. The lowest BCUT2D eigenvalue weighted by atomic mass is 10.4. The number of thioether (sulfide) groups is 1. The molecular weight excluding hydrogens is 250 g/mol. The predicted molar refractivity (Wildman–Crippen MR) is 74.0 cm³/mol. The second-order valence-corrected chi connectivity index (χ2v) is 6.03. The van der Waals surface area contributed by atoms with Crippen molar-refractivity contribution in [3.8, 4) is 0 Å². The molecule has 2 aliphatic carbocycles. The fourth-order valence-electron chi connectivity index (χ4n) is 1.95. The largest absolute Gasteiger partial charge is 0.303 e. The summed E-state index contributed by atoms with van der Waals surface area (Å²) >= 11 is 5.94. The highest BCUT2D eigenvalue weighted by atomic mass is 32.2. The molecule has 0 radical (unpaired) electrons. The lowest BCUT2D eigenvalue weighted by Gasteiger charge is -2.06. The molecule has 3 rings (SSSR count). The highest BCUT2D eigenvalue weighted by molar-refractivity contribution is 7.99. The molecule has 0 aliphatic heterocycles. The van der Waals surface area contributed by atoms with Gasteiger partial charge in [0.2, 0.25) is 0 Å². The van der Waals surface area contributed by atoms with Crippen LogP contribution in [-0.2, 0) is 0 Å². The standard InChI is InChI=1S/C12H17N3S2/c16-7-1-2-8-17-12-14-13-11(9-3-4-9)15(12)10-5-6-10/h1-2,9-10,16H,3-8H2. The molecule has 1 heterocycles. The monoisotopic (exact) mass is 267 g/mol. The van der Waals surface area contributed by atoms with Crippen LogP contribution in [0.15, 0.2) is 17.3 Å². The van der Waals surface area contributed by atoms with Crippen molar-refractivity contribution in [2.45, 2.75) is 42.8 Å². The van der Waals surface area contributed by atoms with Crippen LogP contribution in [0.2, 0.25) is 0 Å². The third-order valence-corrected chi connectivity index (χ3v) is 4.23. The van der Waals surface area contributed by atoms with Crippen molar-refractivity contribution in [3.05, 3.63) is 18.0 Å². The number of aromatic nitrogens is 3. The molecule has 0 spiro atoms. The first-order valence-electron chi connectivity index (χ1n) is 6.23. The van der Waals surface area contributed by atoms with E-state index in [0.717, 1.165) is 16.7 Å². The smallest absolute Gasteiger partial charge is 0.191 e. The number of hydrogen-bond donors (Lipinski definition) is 1. The van der Waals surface area contributed by atoms with Gasteiger partial charge in [0.05, 0.1) is 0 Å². The highest BCUT2D eigenvalue weighted by Gasteiger charge is 2.36. The summed E-state index contributed by atoms with van der Waals surface area (Å²) in [6.45, 7) is 0. The normalized spacial score (nSPS) is 20.3. The van der Waals surface area contributed by atoms with E-state index in [9.17, 15) is 0 Å². The lowest BCUT2D eigenvalue weighted by Crippen LogP contribution is -2.01. The van der Waals surface area contributed by atoms with Crippen molar-refractivity contribution in [2.75, 3.05) is 11.5 Å². The van der Waals surface area contributed by atoms with Crippen molar-refractivity contribution < 1.29 is 0 Å². The maximum absolute atomic E-state index is 4.39. The van der Waals surface area contributed by atoms with E-state index in [4.69, 9.17) is 0 Å². The molecule has 0 saturated heterocycles. The molecule has 1 aromatic heterocycles. The minimum atomic E-state index is 0.692. The number of nitrogens with zero attached hydrogens (tertiary/aromatic N) is 3. The van der Waals surface area contributed by atoms with Gasteiger partial charge >= 0.3 is 0 Å². The highest BCUT2D eigenvalue weighted by Crippen LogP contribution is 2.45. The Labute approximate surface area is 111 Å². The molecule has 5 heteroatoms. The molecule has 0 aromatic carbocycles. The van der Waals surface area contributed by atoms with Crippen LogP contribution in [0.3, 0.4) is 0 Å². The van der Waals surface area contributed by atoms with Crippen molar-refractivity contribution in [1.29, 1.82) is 0 Å². The van der Waals surface area contributed by atoms with Gasteiger partial charge in [-0.15, -0.1) is 10.2 Å². The Morgan fingerprint density at radius 2 is 2.06 bits per heavy atom. The maximum Gasteiger partial charge on any atom is 0.191 e. The number of rotatable bonds is 6. The minimum Gasteiger partial charge on any atom is -0.303 e. The van der Waals surface area contributed by atoms with Gasteiger partial charge in [-0.05, 0) is 25.7 Å². The second-order valence-electron chi connectivity index (χ2n) is 4.68. The first kappa shape index (κ1) is 11.7. The Kier molecular flexibility index (Phi) is 3.47. The third-order valence-electron chi connectivity index (χ3n) is 3.13. The maximum atomic E-state index is 4.39. The molecule has 0 atom stereocenters. The minimum absolute atomic E-state index is 0.692. The zero-order valence-corrected chi connectivity index (χ0v) is 11.5. The fourth-order valence-corrected chi connectivity index (χ4v) is 2.96. The van der Waals surface area contributed by atoms with Crippen LogP contribution in [0.25, 0.3) is 0 Å². The van der Waals surface area contributed by atoms with Crippen LogP contribution in [0.4, 0.5) is 0 Å². The van der Waals surface area contributed by atoms with Crippen molar-refractivity contribution >= 4 is 24.4 Å². The van der Waals surface area contributed by atoms with E-state index in [1.165, 1.54) is 31.5 Å². The topological polar surface area (TPSA) is 30.7 Å². The summed E-state index contributed by atoms with van der Waals surface area (Å²) in [6, 6.07) is 0.692. The van der Waals surface area contributed by atoms with E-state index in [1.54, 1.807) is 11.8 Å². The Balaban J connectivity index is 1.72. The molecule has 0 unspecified atom stereocenters. The van der Waals surface area contributed by atoms with Gasteiger partial charge in [-0.2, -0.15) is 12.6 Å². The molecule has 2 fully saturated rings. The van der Waals surface area contributed by atoms with Gasteiger partial charge < -0.3 is 4.57 Å². The van der Waals surface area contributed by atoms with Crippen LogP contribution in [-0.4, -0.2) is 26.3 Å². The predicted octanol–water partition coefficient (Wildman–Crippen LogP) is 3.07. The molecule has 2 aliphatic rings. The summed E-state index contributed by atoms with van der Waals surface area (Å²) in [6.07, 6.45) is 9.44. The molecule has 17 heavy (non-hydrogen) atoms. The van der Waals surface area contributed by atoms with Gasteiger partial charge in [0.15, 0.2) is 5.16 Å². The van der Waals surface area contributed by atoms with Gasteiger partial charge in [-0.25, -0.2) is 0 Å². The molecular formula is C12H17N3S2. The summed E-state index contributed by atoms with van der Waals surface area (Å²) in [5.74, 6) is 3.72. The molecule has 0 amide bonds. The van der Waals surface area contributed by atoms with E-state index in [1.807, 2.05) is 0 Å². The average Bonchev–Trinajstić information content (AvgIpc) is 3.23. The fraction of sp³-hybridized carbons (Fsp3) is 0.667. The summed E-state index contributed by atoms with van der Waals surface area (Å²) in [7, 11) is 0. The van der Waals surface area contributed by atoms with Gasteiger partial charge in [0.25, 0.3) is 0 Å². The van der Waals surface area contributed by atoms with Gasteiger partial charge in [0, 0.05) is 23.5 Å². The zero-order valence-electron chi connectivity index (χ0n) is 9.75. The van der Waals surface area contributed by atoms with Crippen molar-refractivity contribution in [1.82, 2.24) is 14.8 Å². The molecule has 0 bridgehead atoms. The Hall–Kier alpha value is -0.420. The molecule has 0 N–H and O–H groups in total. The average molecular weight is 267 g/mol. The van der Waals surface area contributed by atoms with Gasteiger partial charge in [-0.3, -0.25) is 0 Å². The van der Waals surface area contributed by atoms with Crippen molar-refractivity contribution in [3.63, 3.8) is 0 Å². The summed E-state index contributed by atoms with van der Waals surface area (Å²) in [5, 5.41) is 9.86. The number of hydrogen-bond acceptors (Lipinski definition) is 4. The first-order chi connectivity index (χ1) is 8.40. The van der Waals surface area contributed by atoms with Gasteiger partial charge in [-0.1, -0.05) is 23.9 Å². The van der Waals surface area contributed by atoms with Crippen LogP contribution in [0.1, 0.15) is 43.5 Å². The molecule has 3 nitrogen and oxygen atoms in total.